The molecule has 2 rings (SSSR count). The van der Waals surface area contributed by atoms with Crippen LogP contribution in [0.2, 0.25) is 0 Å². The molecular weight excluding hydrogens is 227 g/mol. The smallest absolute Gasteiger partial charge is 0.311 e. The van der Waals surface area contributed by atoms with Gasteiger partial charge in [-0.05, 0) is 35.2 Å². The van der Waals surface area contributed by atoms with Crippen LogP contribution in [0.3, 0.4) is 0 Å². The minimum Gasteiger partial charge on any atom is -0.466 e. The first-order chi connectivity index (χ1) is 7.70. The highest BCUT2D eigenvalue weighted by Gasteiger charge is 2.10. The average Bonchev–Trinajstić information content (AvgIpc) is 2.61. The van der Waals surface area contributed by atoms with Crippen molar-refractivity contribution in [3.63, 3.8) is 0 Å². The molecule has 0 bridgehead atoms. The van der Waals surface area contributed by atoms with Crippen LogP contribution in [-0.2, 0) is 16.0 Å². The van der Waals surface area contributed by atoms with E-state index in [1.807, 2.05) is 5.38 Å². The molecule has 0 N–H and O–H groups in total. The summed E-state index contributed by atoms with van der Waals surface area (Å²) >= 11 is 1.46. The number of benzene rings is 1. The van der Waals surface area contributed by atoms with E-state index in [-0.39, 0.29) is 18.2 Å². The number of esters is 1. The Morgan fingerprint density at radius 1 is 1.50 bits per heavy atom. The zero-order valence-corrected chi connectivity index (χ0v) is 9.64. The molecule has 0 amide bonds. The Kier molecular flexibility index (Phi) is 3.19. The van der Waals surface area contributed by atoms with Gasteiger partial charge in [0.1, 0.15) is 5.82 Å². The quantitative estimate of drug-likeness (QED) is 0.768. The summed E-state index contributed by atoms with van der Waals surface area (Å²) < 4.78 is 17.8. The van der Waals surface area contributed by atoms with Crippen LogP contribution >= 0.6 is 11.3 Å². The van der Waals surface area contributed by atoms with Crippen molar-refractivity contribution >= 4 is 28.1 Å². The minimum absolute atomic E-state index is 0.240. The number of hydrogen-bond acceptors (Lipinski definition) is 3. The number of halogens is 1. The molecule has 0 spiro atoms. The molecule has 0 atom stereocenters. The zero-order valence-electron chi connectivity index (χ0n) is 8.83. The Morgan fingerprint density at radius 2 is 2.31 bits per heavy atom. The Morgan fingerprint density at radius 3 is 3.06 bits per heavy atom. The maximum absolute atomic E-state index is 12.9. The van der Waals surface area contributed by atoms with Gasteiger partial charge in [-0.3, -0.25) is 4.79 Å². The highest BCUT2D eigenvalue weighted by Crippen LogP contribution is 2.27. The first-order valence-corrected chi connectivity index (χ1v) is 5.90. The Hall–Kier alpha value is -1.42. The lowest BCUT2D eigenvalue weighted by molar-refractivity contribution is -0.142. The summed E-state index contributed by atoms with van der Waals surface area (Å²) in [5, 5.41) is 3.62. The van der Waals surface area contributed by atoms with Gasteiger partial charge in [0.25, 0.3) is 0 Å². The monoisotopic (exact) mass is 238 g/mol. The Labute approximate surface area is 96.7 Å². The van der Waals surface area contributed by atoms with E-state index in [2.05, 4.69) is 0 Å². The summed E-state index contributed by atoms with van der Waals surface area (Å²) in [4.78, 5) is 12.3. The maximum atomic E-state index is 12.9. The van der Waals surface area contributed by atoms with Crippen molar-refractivity contribution in [3.05, 3.63) is 34.3 Å². The summed E-state index contributed by atoms with van der Waals surface area (Å²) in [6, 6.07) is 4.58. The van der Waals surface area contributed by atoms with E-state index in [4.69, 9.17) is 4.74 Å². The van der Waals surface area contributed by atoms with Crippen LogP contribution < -0.4 is 0 Å². The third-order valence-corrected chi connectivity index (χ3v) is 3.27. The number of hydrogen-bond donors (Lipinski definition) is 0. The van der Waals surface area contributed by atoms with Crippen molar-refractivity contribution in [1.29, 1.82) is 0 Å². The van der Waals surface area contributed by atoms with Gasteiger partial charge in [-0.1, -0.05) is 6.07 Å². The van der Waals surface area contributed by atoms with E-state index in [9.17, 15) is 9.18 Å². The number of ether oxygens (including phenoxy) is 1. The van der Waals surface area contributed by atoms with Crippen LogP contribution in [0.25, 0.3) is 10.8 Å². The molecule has 1 aromatic carbocycles. The van der Waals surface area contributed by atoms with E-state index in [1.54, 1.807) is 13.0 Å². The van der Waals surface area contributed by atoms with Crippen molar-refractivity contribution in [3.8, 4) is 0 Å². The maximum Gasteiger partial charge on any atom is 0.311 e. The average molecular weight is 238 g/mol. The van der Waals surface area contributed by atoms with Gasteiger partial charge in [-0.25, -0.2) is 4.39 Å². The molecule has 2 aromatic rings. The van der Waals surface area contributed by atoms with Gasteiger partial charge in [0, 0.05) is 4.88 Å². The van der Waals surface area contributed by atoms with Crippen molar-refractivity contribution in [2.45, 2.75) is 13.3 Å². The molecule has 0 aliphatic rings. The summed E-state index contributed by atoms with van der Waals surface area (Å²) in [7, 11) is 0. The van der Waals surface area contributed by atoms with Crippen LogP contribution in [0.4, 0.5) is 4.39 Å². The molecule has 1 heterocycles. The number of thiophene rings is 1. The van der Waals surface area contributed by atoms with Gasteiger partial charge < -0.3 is 4.74 Å². The van der Waals surface area contributed by atoms with E-state index in [0.29, 0.717) is 6.61 Å². The Balaban J connectivity index is 2.28. The zero-order chi connectivity index (χ0) is 11.5. The minimum atomic E-state index is -0.256. The van der Waals surface area contributed by atoms with Gasteiger partial charge in [-0.2, -0.15) is 0 Å². The molecule has 2 nitrogen and oxygen atoms in total. The third kappa shape index (κ3) is 2.22. The molecule has 16 heavy (non-hydrogen) atoms. The lowest BCUT2D eigenvalue weighted by atomic mass is 10.1. The fourth-order valence-corrected chi connectivity index (χ4v) is 2.54. The molecule has 0 aliphatic carbocycles. The van der Waals surface area contributed by atoms with Crippen LogP contribution in [-0.4, -0.2) is 12.6 Å². The fraction of sp³-hybridized carbons (Fsp3) is 0.250. The molecule has 0 radical (unpaired) electrons. The number of carbonyl (C=O) groups excluding carboxylic acids is 1. The second-order valence-corrected chi connectivity index (χ2v) is 4.34. The third-order valence-electron chi connectivity index (χ3n) is 2.25. The summed E-state index contributed by atoms with van der Waals surface area (Å²) in [6.07, 6.45) is 0.258. The highest BCUT2D eigenvalue weighted by molar-refractivity contribution is 7.11. The lowest BCUT2D eigenvalue weighted by Crippen LogP contribution is -2.06. The lowest BCUT2D eigenvalue weighted by Gasteiger charge is -2.00. The molecule has 1 aromatic heterocycles. The van der Waals surface area contributed by atoms with Crippen molar-refractivity contribution < 1.29 is 13.9 Å². The molecule has 0 unspecified atom stereocenters. The predicted octanol–water partition coefficient (Wildman–Crippen LogP) is 3.15. The van der Waals surface area contributed by atoms with Gasteiger partial charge in [-0.15, -0.1) is 11.3 Å². The van der Waals surface area contributed by atoms with E-state index < -0.39 is 0 Å². The topological polar surface area (TPSA) is 26.3 Å². The summed E-state index contributed by atoms with van der Waals surface area (Å²) in [6.45, 7) is 2.16. The standard InChI is InChI=1S/C12H11FO2S/c1-2-15-12(14)6-11-10-4-3-9(13)5-8(10)7-16-11/h3-5,7H,2,6H2,1H3. The predicted molar refractivity (Wildman–Crippen MR) is 62.1 cm³/mol. The molecule has 0 saturated carbocycles. The molecule has 84 valence electrons. The van der Waals surface area contributed by atoms with Gasteiger partial charge >= 0.3 is 5.97 Å². The largest absolute Gasteiger partial charge is 0.466 e. The van der Waals surface area contributed by atoms with Crippen LogP contribution in [0.15, 0.2) is 23.6 Å². The summed E-state index contributed by atoms with van der Waals surface area (Å²) in [5.74, 6) is -0.497. The SMILES string of the molecule is CCOC(=O)Cc1scc2cc(F)ccc12. The van der Waals surface area contributed by atoms with E-state index in [1.165, 1.54) is 23.5 Å². The van der Waals surface area contributed by atoms with Crippen LogP contribution in [0, 0.1) is 5.82 Å². The Bertz CT molecular complexity index is 519. The van der Waals surface area contributed by atoms with Gasteiger partial charge in [0.15, 0.2) is 0 Å². The second kappa shape index (κ2) is 4.61. The first kappa shape index (κ1) is 11.1. The number of carbonyl (C=O) groups is 1. The first-order valence-electron chi connectivity index (χ1n) is 5.02. The van der Waals surface area contributed by atoms with Crippen molar-refractivity contribution in [2.24, 2.45) is 0 Å². The van der Waals surface area contributed by atoms with Crippen molar-refractivity contribution in [2.75, 3.05) is 6.61 Å². The van der Waals surface area contributed by atoms with Crippen LogP contribution in [0.1, 0.15) is 11.8 Å². The molecule has 0 fully saturated rings. The van der Waals surface area contributed by atoms with E-state index >= 15 is 0 Å². The molecular formula is C12H11FO2S. The van der Waals surface area contributed by atoms with Gasteiger partial charge in [0.05, 0.1) is 13.0 Å². The second-order valence-electron chi connectivity index (χ2n) is 3.37. The molecule has 4 heteroatoms. The molecule has 0 saturated heterocycles. The summed E-state index contributed by atoms with van der Waals surface area (Å²) in [5.41, 5.74) is 0. The van der Waals surface area contributed by atoms with Crippen molar-refractivity contribution in [1.82, 2.24) is 0 Å². The van der Waals surface area contributed by atoms with Gasteiger partial charge in [0.2, 0.25) is 0 Å². The fourth-order valence-electron chi connectivity index (χ4n) is 1.56. The van der Waals surface area contributed by atoms with E-state index in [0.717, 1.165) is 15.6 Å². The number of fused-ring (bicyclic) bond motifs is 1. The number of rotatable bonds is 3. The normalized spacial score (nSPS) is 10.6. The highest BCUT2D eigenvalue weighted by atomic mass is 32.1. The van der Waals surface area contributed by atoms with Crippen LogP contribution in [0.5, 0.6) is 0 Å². The molecule has 0 aliphatic heterocycles.